The van der Waals surface area contributed by atoms with E-state index in [1.165, 1.54) is 5.56 Å². The van der Waals surface area contributed by atoms with Crippen LogP contribution in [0.3, 0.4) is 0 Å². The lowest BCUT2D eigenvalue weighted by atomic mass is 10.1. The summed E-state index contributed by atoms with van der Waals surface area (Å²) in [6.07, 6.45) is 0.968. The molecule has 1 N–H and O–H groups in total. The van der Waals surface area contributed by atoms with Crippen LogP contribution in [0.15, 0.2) is 24.3 Å². The van der Waals surface area contributed by atoms with E-state index >= 15 is 0 Å². The molecule has 0 aliphatic rings. The number of aryl methyl sites for hydroxylation is 1. The minimum absolute atomic E-state index is 0.115. The number of carbonyl (C=O) groups excluding carboxylic acids is 1. The summed E-state index contributed by atoms with van der Waals surface area (Å²) in [5, 5.41) is 2.83. The fourth-order valence-electron chi connectivity index (χ4n) is 1.49. The Morgan fingerprint density at radius 1 is 1.41 bits per heavy atom. The molecule has 0 aromatic heterocycles. The van der Waals surface area contributed by atoms with Gasteiger partial charge in [-0.25, -0.2) is 0 Å². The van der Waals surface area contributed by atoms with E-state index < -0.39 is 0 Å². The average Bonchev–Trinajstić information content (AvgIpc) is 2.38. The van der Waals surface area contributed by atoms with Crippen molar-refractivity contribution in [1.29, 1.82) is 0 Å². The molecule has 17 heavy (non-hydrogen) atoms. The van der Waals surface area contributed by atoms with Crippen LogP contribution >= 0.6 is 11.6 Å². The quantitative estimate of drug-likeness (QED) is 0.792. The van der Waals surface area contributed by atoms with E-state index in [0.29, 0.717) is 18.1 Å². The number of carbonyl (C=O) groups is 1. The van der Waals surface area contributed by atoms with Crippen LogP contribution in [0.2, 0.25) is 0 Å². The van der Waals surface area contributed by atoms with Crippen molar-refractivity contribution in [3.05, 3.63) is 35.4 Å². The number of halogens is 1. The molecule has 1 atom stereocenters. The predicted molar refractivity (Wildman–Crippen MR) is 69.7 cm³/mol. The molecule has 0 aliphatic heterocycles. The molecule has 0 bridgehead atoms. The number of methoxy groups -OCH3 is 1. The van der Waals surface area contributed by atoms with E-state index in [2.05, 4.69) is 12.2 Å². The molecule has 3 nitrogen and oxygen atoms in total. The van der Waals surface area contributed by atoms with Crippen LogP contribution in [-0.4, -0.2) is 31.5 Å². The number of nitrogens with one attached hydrogen (secondary N) is 1. The van der Waals surface area contributed by atoms with Crippen LogP contribution in [0.4, 0.5) is 0 Å². The second-order valence-electron chi connectivity index (χ2n) is 3.83. The maximum absolute atomic E-state index is 11.9. The summed E-state index contributed by atoms with van der Waals surface area (Å²) in [4.78, 5) is 11.9. The first-order chi connectivity index (χ1) is 8.21. The van der Waals surface area contributed by atoms with Gasteiger partial charge in [0.2, 0.25) is 0 Å². The standard InChI is InChI=1S/C13H18ClNO2/c1-3-10-4-6-11(7-5-10)13(16)15-12(8-14)9-17-2/h4-7,12H,3,8-9H2,1-2H3,(H,15,16). The van der Waals surface area contributed by atoms with Crippen LogP contribution in [0.5, 0.6) is 0 Å². The lowest BCUT2D eigenvalue weighted by molar-refractivity contribution is 0.0907. The highest BCUT2D eigenvalue weighted by Crippen LogP contribution is 2.05. The Balaban J connectivity index is 2.62. The third-order valence-electron chi connectivity index (χ3n) is 2.51. The van der Waals surface area contributed by atoms with E-state index in [9.17, 15) is 4.79 Å². The molecule has 0 aliphatic carbocycles. The number of benzene rings is 1. The third-order valence-corrected chi connectivity index (χ3v) is 2.89. The highest BCUT2D eigenvalue weighted by Gasteiger charge is 2.12. The smallest absolute Gasteiger partial charge is 0.251 e. The lowest BCUT2D eigenvalue weighted by Crippen LogP contribution is -2.39. The van der Waals surface area contributed by atoms with Gasteiger partial charge in [-0.15, -0.1) is 11.6 Å². The summed E-state index contributed by atoms with van der Waals surface area (Å²) in [5.74, 6) is 0.224. The topological polar surface area (TPSA) is 38.3 Å². The molecule has 0 saturated carbocycles. The maximum atomic E-state index is 11.9. The van der Waals surface area contributed by atoms with Crippen molar-refractivity contribution in [2.75, 3.05) is 19.6 Å². The van der Waals surface area contributed by atoms with Gasteiger partial charge in [0.1, 0.15) is 0 Å². The van der Waals surface area contributed by atoms with E-state index in [0.717, 1.165) is 6.42 Å². The SMILES string of the molecule is CCc1ccc(C(=O)NC(CCl)COC)cc1. The van der Waals surface area contributed by atoms with E-state index in [-0.39, 0.29) is 11.9 Å². The second-order valence-corrected chi connectivity index (χ2v) is 4.14. The van der Waals surface area contributed by atoms with Gasteiger partial charge in [0.15, 0.2) is 0 Å². The molecular weight excluding hydrogens is 238 g/mol. The van der Waals surface area contributed by atoms with Gasteiger partial charge in [-0.2, -0.15) is 0 Å². The van der Waals surface area contributed by atoms with Crippen molar-refractivity contribution in [2.24, 2.45) is 0 Å². The Bertz CT molecular complexity index is 351. The third kappa shape index (κ3) is 4.36. The number of alkyl halides is 1. The van der Waals surface area contributed by atoms with Gasteiger partial charge in [-0.05, 0) is 24.1 Å². The first-order valence-corrected chi connectivity index (χ1v) is 6.19. The van der Waals surface area contributed by atoms with Crippen molar-refractivity contribution < 1.29 is 9.53 Å². The van der Waals surface area contributed by atoms with Gasteiger partial charge < -0.3 is 10.1 Å². The Kier molecular flexibility index (Phi) is 6.01. The monoisotopic (exact) mass is 255 g/mol. The lowest BCUT2D eigenvalue weighted by Gasteiger charge is -2.15. The summed E-state index contributed by atoms with van der Waals surface area (Å²) in [7, 11) is 1.59. The predicted octanol–water partition coefficient (Wildman–Crippen LogP) is 2.23. The zero-order valence-corrected chi connectivity index (χ0v) is 11.0. The summed E-state index contributed by atoms with van der Waals surface area (Å²) >= 11 is 5.73. The van der Waals surface area contributed by atoms with Gasteiger partial charge >= 0.3 is 0 Å². The number of hydrogen-bond acceptors (Lipinski definition) is 2. The van der Waals surface area contributed by atoms with Crippen LogP contribution in [0.1, 0.15) is 22.8 Å². The maximum Gasteiger partial charge on any atom is 0.251 e. The number of rotatable bonds is 6. The van der Waals surface area contributed by atoms with Gasteiger partial charge in [0, 0.05) is 18.6 Å². The Morgan fingerprint density at radius 2 is 2.06 bits per heavy atom. The fraction of sp³-hybridized carbons (Fsp3) is 0.462. The molecule has 0 saturated heterocycles. The molecular formula is C13H18ClNO2. The van der Waals surface area contributed by atoms with Gasteiger partial charge in [-0.3, -0.25) is 4.79 Å². The summed E-state index contributed by atoms with van der Waals surface area (Å²) < 4.78 is 4.97. The van der Waals surface area contributed by atoms with Crippen molar-refractivity contribution in [3.63, 3.8) is 0 Å². The van der Waals surface area contributed by atoms with E-state index in [1.807, 2.05) is 24.3 Å². The number of hydrogen-bond donors (Lipinski definition) is 1. The molecule has 1 rings (SSSR count). The molecule has 0 heterocycles. The van der Waals surface area contributed by atoms with Gasteiger partial charge in [0.05, 0.1) is 12.6 Å². The van der Waals surface area contributed by atoms with Gasteiger partial charge in [0.25, 0.3) is 5.91 Å². The number of amides is 1. The van der Waals surface area contributed by atoms with Gasteiger partial charge in [-0.1, -0.05) is 19.1 Å². The molecule has 0 fully saturated rings. The molecule has 4 heteroatoms. The minimum Gasteiger partial charge on any atom is -0.383 e. The highest BCUT2D eigenvalue weighted by atomic mass is 35.5. The van der Waals surface area contributed by atoms with Crippen LogP contribution in [-0.2, 0) is 11.2 Å². The van der Waals surface area contributed by atoms with Crippen molar-refractivity contribution >= 4 is 17.5 Å². The normalized spacial score (nSPS) is 12.2. The molecule has 1 aromatic rings. The van der Waals surface area contributed by atoms with E-state index in [4.69, 9.17) is 16.3 Å². The Morgan fingerprint density at radius 3 is 2.53 bits per heavy atom. The highest BCUT2D eigenvalue weighted by molar-refractivity contribution is 6.18. The molecule has 1 amide bonds. The Hall–Kier alpha value is -1.06. The van der Waals surface area contributed by atoms with Crippen molar-refractivity contribution in [3.8, 4) is 0 Å². The molecule has 0 radical (unpaired) electrons. The minimum atomic E-state index is -0.153. The summed E-state index contributed by atoms with van der Waals surface area (Å²) in [5.41, 5.74) is 1.86. The Labute approximate surface area is 107 Å². The zero-order valence-electron chi connectivity index (χ0n) is 10.2. The molecule has 1 aromatic carbocycles. The second kappa shape index (κ2) is 7.30. The first kappa shape index (κ1) is 14.0. The largest absolute Gasteiger partial charge is 0.383 e. The van der Waals surface area contributed by atoms with E-state index in [1.54, 1.807) is 7.11 Å². The van der Waals surface area contributed by atoms with Crippen molar-refractivity contribution in [2.45, 2.75) is 19.4 Å². The summed E-state index contributed by atoms with van der Waals surface area (Å²) in [6, 6.07) is 7.42. The number of ether oxygens (including phenoxy) is 1. The van der Waals surface area contributed by atoms with Crippen LogP contribution < -0.4 is 5.32 Å². The zero-order chi connectivity index (χ0) is 12.7. The van der Waals surface area contributed by atoms with Crippen molar-refractivity contribution in [1.82, 2.24) is 5.32 Å². The fourth-order valence-corrected chi connectivity index (χ4v) is 1.65. The first-order valence-electron chi connectivity index (χ1n) is 5.66. The molecule has 94 valence electrons. The summed E-state index contributed by atoms with van der Waals surface area (Å²) in [6.45, 7) is 2.50. The van der Waals surface area contributed by atoms with Crippen LogP contribution in [0, 0.1) is 0 Å². The molecule has 0 spiro atoms. The average molecular weight is 256 g/mol. The molecule has 1 unspecified atom stereocenters. The van der Waals surface area contributed by atoms with Crippen LogP contribution in [0.25, 0.3) is 0 Å².